The first-order valence-corrected chi connectivity index (χ1v) is 8.22. The van der Waals surface area contributed by atoms with Crippen molar-refractivity contribution in [2.24, 2.45) is 11.8 Å². The molecule has 130 valence electrons. The zero-order valence-corrected chi connectivity index (χ0v) is 14.2. The summed E-state index contributed by atoms with van der Waals surface area (Å²) < 4.78 is 4.97. The molecule has 1 saturated heterocycles. The Balaban J connectivity index is 1.71. The van der Waals surface area contributed by atoms with Crippen molar-refractivity contribution in [1.82, 2.24) is 10.2 Å². The van der Waals surface area contributed by atoms with Crippen molar-refractivity contribution in [2.45, 2.75) is 20.3 Å². The molecule has 6 nitrogen and oxygen atoms in total. The van der Waals surface area contributed by atoms with Gasteiger partial charge in [-0.25, -0.2) is 0 Å². The van der Waals surface area contributed by atoms with E-state index in [0.29, 0.717) is 30.5 Å². The summed E-state index contributed by atoms with van der Waals surface area (Å²) in [5, 5.41) is 2.48. The van der Waals surface area contributed by atoms with Gasteiger partial charge < -0.3 is 15.0 Å². The Morgan fingerprint density at radius 3 is 2.38 bits per heavy atom. The van der Waals surface area contributed by atoms with Crippen LogP contribution in [0.15, 0.2) is 30.3 Å². The number of hydrogen-bond acceptors (Lipinski definition) is 4. The zero-order valence-electron chi connectivity index (χ0n) is 14.2. The number of likely N-dealkylation sites (tertiary alicyclic amines) is 1. The van der Waals surface area contributed by atoms with E-state index in [0.717, 1.165) is 6.42 Å². The van der Waals surface area contributed by atoms with Crippen LogP contribution in [0.1, 0.15) is 30.6 Å². The molecule has 1 N–H and O–H groups in total. The lowest BCUT2D eigenvalue weighted by Gasteiger charge is -2.34. The third kappa shape index (κ3) is 5.37. The monoisotopic (exact) mass is 332 g/mol. The molecule has 0 aromatic heterocycles. The van der Waals surface area contributed by atoms with Crippen LogP contribution in [0, 0.1) is 11.8 Å². The second kappa shape index (κ2) is 8.47. The third-order valence-corrected chi connectivity index (χ3v) is 4.01. The quantitative estimate of drug-likeness (QED) is 0.829. The van der Waals surface area contributed by atoms with Crippen LogP contribution in [-0.2, 0) is 14.3 Å². The minimum Gasteiger partial charge on any atom is -0.454 e. The fraction of sp³-hybridized carbons (Fsp3) is 0.500. The first-order chi connectivity index (χ1) is 11.5. The minimum absolute atomic E-state index is 0.184. The van der Waals surface area contributed by atoms with Crippen molar-refractivity contribution >= 4 is 17.8 Å². The van der Waals surface area contributed by atoms with Crippen LogP contribution in [0.3, 0.4) is 0 Å². The van der Waals surface area contributed by atoms with Crippen LogP contribution in [-0.4, -0.2) is 48.9 Å². The van der Waals surface area contributed by atoms with E-state index in [1.54, 1.807) is 35.2 Å². The maximum atomic E-state index is 12.1. The van der Waals surface area contributed by atoms with Crippen molar-refractivity contribution in [3.8, 4) is 0 Å². The summed E-state index contributed by atoms with van der Waals surface area (Å²) >= 11 is 0. The highest BCUT2D eigenvalue weighted by Gasteiger charge is 2.25. The number of nitrogens with zero attached hydrogens (tertiary/aromatic N) is 1. The molecule has 2 amide bonds. The number of piperidine rings is 1. The summed E-state index contributed by atoms with van der Waals surface area (Å²) in [4.78, 5) is 37.4. The molecule has 0 spiro atoms. The first kappa shape index (κ1) is 18.0. The van der Waals surface area contributed by atoms with E-state index >= 15 is 0 Å². The second-order valence-corrected chi connectivity index (χ2v) is 6.45. The van der Waals surface area contributed by atoms with Gasteiger partial charge in [-0.05, 0) is 30.4 Å². The molecular weight excluding hydrogens is 308 g/mol. The molecular formula is C18H24N2O4. The lowest BCUT2D eigenvalue weighted by Crippen LogP contribution is -2.44. The summed E-state index contributed by atoms with van der Waals surface area (Å²) in [7, 11) is 0. The molecule has 0 aliphatic carbocycles. The number of benzene rings is 1. The predicted molar refractivity (Wildman–Crippen MR) is 89.3 cm³/mol. The lowest BCUT2D eigenvalue weighted by atomic mass is 9.92. The SMILES string of the molecule is C[C@H]1C[C@H](C)CN(C(=O)COC(=O)CNC(=O)c2ccccc2)C1. The van der Waals surface area contributed by atoms with E-state index in [4.69, 9.17) is 4.74 Å². The van der Waals surface area contributed by atoms with Crippen LogP contribution in [0.25, 0.3) is 0 Å². The topological polar surface area (TPSA) is 75.7 Å². The van der Waals surface area contributed by atoms with E-state index in [1.807, 2.05) is 0 Å². The third-order valence-electron chi connectivity index (χ3n) is 4.01. The van der Waals surface area contributed by atoms with Gasteiger partial charge in [0, 0.05) is 18.7 Å². The standard InChI is InChI=1S/C18H24N2O4/c1-13-8-14(2)11-20(10-13)16(21)12-24-17(22)9-19-18(23)15-6-4-3-5-7-15/h3-7,13-14H,8-12H2,1-2H3,(H,19,23)/t13-,14-/m0/s1. The summed E-state index contributed by atoms with van der Waals surface area (Å²) in [6, 6.07) is 8.60. The maximum absolute atomic E-state index is 12.1. The van der Waals surface area contributed by atoms with Gasteiger partial charge in [0.15, 0.2) is 6.61 Å². The van der Waals surface area contributed by atoms with Gasteiger partial charge in [-0.2, -0.15) is 0 Å². The Morgan fingerprint density at radius 1 is 1.12 bits per heavy atom. The second-order valence-electron chi connectivity index (χ2n) is 6.45. The van der Waals surface area contributed by atoms with Gasteiger partial charge in [0.2, 0.25) is 0 Å². The molecule has 6 heteroatoms. The molecule has 0 unspecified atom stereocenters. The summed E-state index contributed by atoms with van der Waals surface area (Å²) in [5.41, 5.74) is 0.470. The number of carbonyl (C=O) groups is 3. The van der Waals surface area contributed by atoms with Gasteiger partial charge in [0.25, 0.3) is 11.8 Å². The molecule has 24 heavy (non-hydrogen) atoms. The van der Waals surface area contributed by atoms with E-state index in [2.05, 4.69) is 19.2 Å². The van der Waals surface area contributed by atoms with Gasteiger partial charge >= 0.3 is 5.97 Å². The zero-order chi connectivity index (χ0) is 17.5. The molecule has 0 bridgehead atoms. The van der Waals surface area contributed by atoms with Crippen LogP contribution in [0.5, 0.6) is 0 Å². The van der Waals surface area contributed by atoms with E-state index in [-0.39, 0.29) is 25.0 Å². The summed E-state index contributed by atoms with van der Waals surface area (Å²) in [6.45, 7) is 5.09. The van der Waals surface area contributed by atoms with Gasteiger partial charge in [-0.1, -0.05) is 32.0 Å². The van der Waals surface area contributed by atoms with Crippen molar-refractivity contribution in [1.29, 1.82) is 0 Å². The molecule has 1 aromatic rings. The fourth-order valence-corrected chi connectivity index (χ4v) is 3.00. The number of carbonyl (C=O) groups excluding carboxylic acids is 3. The molecule has 1 aromatic carbocycles. The minimum atomic E-state index is -0.620. The summed E-state index contributed by atoms with van der Waals surface area (Å²) in [5.74, 6) is -0.239. The molecule has 1 aliphatic heterocycles. The van der Waals surface area contributed by atoms with Gasteiger partial charge in [-0.15, -0.1) is 0 Å². The fourth-order valence-electron chi connectivity index (χ4n) is 3.00. The number of amides is 2. The van der Waals surface area contributed by atoms with Crippen molar-refractivity contribution in [3.05, 3.63) is 35.9 Å². The number of ether oxygens (including phenoxy) is 1. The highest BCUT2D eigenvalue weighted by Crippen LogP contribution is 2.20. The molecule has 0 radical (unpaired) electrons. The molecule has 0 saturated carbocycles. The Morgan fingerprint density at radius 2 is 1.75 bits per heavy atom. The van der Waals surface area contributed by atoms with Crippen molar-refractivity contribution in [2.75, 3.05) is 26.2 Å². The largest absolute Gasteiger partial charge is 0.454 e. The van der Waals surface area contributed by atoms with Crippen LogP contribution in [0.2, 0.25) is 0 Å². The Bertz CT molecular complexity index is 578. The van der Waals surface area contributed by atoms with Crippen LogP contribution < -0.4 is 5.32 Å². The van der Waals surface area contributed by atoms with Gasteiger partial charge in [0.1, 0.15) is 6.54 Å². The summed E-state index contributed by atoms with van der Waals surface area (Å²) in [6.07, 6.45) is 1.11. The number of esters is 1. The first-order valence-electron chi connectivity index (χ1n) is 8.22. The van der Waals surface area contributed by atoms with Gasteiger partial charge in [0.05, 0.1) is 0 Å². The van der Waals surface area contributed by atoms with E-state index in [9.17, 15) is 14.4 Å². The van der Waals surface area contributed by atoms with E-state index < -0.39 is 5.97 Å². The molecule has 2 rings (SSSR count). The van der Waals surface area contributed by atoms with Gasteiger partial charge in [-0.3, -0.25) is 14.4 Å². The number of nitrogens with one attached hydrogen (secondary N) is 1. The normalized spacial score (nSPS) is 20.3. The highest BCUT2D eigenvalue weighted by molar-refractivity contribution is 5.96. The van der Waals surface area contributed by atoms with E-state index in [1.165, 1.54) is 0 Å². The maximum Gasteiger partial charge on any atom is 0.325 e. The highest BCUT2D eigenvalue weighted by atomic mass is 16.5. The number of rotatable bonds is 5. The van der Waals surface area contributed by atoms with Crippen molar-refractivity contribution < 1.29 is 19.1 Å². The Labute approximate surface area is 142 Å². The van der Waals surface area contributed by atoms with Crippen molar-refractivity contribution in [3.63, 3.8) is 0 Å². The molecule has 1 aliphatic rings. The lowest BCUT2D eigenvalue weighted by molar-refractivity contribution is -0.152. The smallest absolute Gasteiger partial charge is 0.325 e. The average molecular weight is 332 g/mol. The molecule has 2 atom stereocenters. The van der Waals surface area contributed by atoms with Crippen LogP contribution >= 0.6 is 0 Å². The van der Waals surface area contributed by atoms with Crippen LogP contribution in [0.4, 0.5) is 0 Å². The number of hydrogen-bond donors (Lipinski definition) is 1. The Kier molecular flexibility index (Phi) is 6.35. The predicted octanol–water partition coefficient (Wildman–Crippen LogP) is 1.46. The Hall–Kier alpha value is -2.37. The average Bonchev–Trinajstić information content (AvgIpc) is 2.57. The molecule has 1 fully saturated rings. The molecule has 1 heterocycles.